The second-order valence-corrected chi connectivity index (χ2v) is 4.16. The molecule has 3 N–H and O–H groups in total. The molecule has 0 aromatic heterocycles. The molecular formula is C13H13NO5. The first-order valence-corrected chi connectivity index (χ1v) is 5.68. The number of nitrogens with one attached hydrogen (secondary N) is 1. The number of phenolic OH excluding ortho intramolecular Hbond substituents is 1. The van der Waals surface area contributed by atoms with E-state index in [1.54, 1.807) is 12.1 Å². The Bertz CT molecular complexity index is 552. The van der Waals surface area contributed by atoms with Crippen LogP contribution < -0.4 is 5.32 Å². The second-order valence-electron chi connectivity index (χ2n) is 4.16. The van der Waals surface area contributed by atoms with Crippen molar-refractivity contribution in [2.75, 3.05) is 0 Å². The minimum absolute atomic E-state index is 0.0528. The minimum Gasteiger partial charge on any atom is -0.507 e. The molecule has 1 amide bonds. The lowest BCUT2D eigenvalue weighted by Gasteiger charge is -2.25. The molecule has 0 aliphatic carbocycles. The fourth-order valence-electron chi connectivity index (χ4n) is 1.72. The number of amides is 1. The van der Waals surface area contributed by atoms with Crippen molar-refractivity contribution in [3.8, 4) is 5.75 Å². The number of aromatic hydroxyl groups is 1. The molecule has 0 saturated heterocycles. The van der Waals surface area contributed by atoms with E-state index in [4.69, 9.17) is 4.74 Å². The van der Waals surface area contributed by atoms with E-state index in [-0.39, 0.29) is 17.0 Å². The van der Waals surface area contributed by atoms with Gasteiger partial charge in [0.05, 0.1) is 11.3 Å². The number of carbonyl (C=O) groups excluding carboxylic acids is 2. The van der Waals surface area contributed by atoms with Gasteiger partial charge in [-0.2, -0.15) is 0 Å². The summed E-state index contributed by atoms with van der Waals surface area (Å²) in [6.45, 7) is 1.52. The normalized spacial score (nSPS) is 22.4. The van der Waals surface area contributed by atoms with Gasteiger partial charge < -0.3 is 20.3 Å². The number of rotatable bonds is 2. The number of ether oxygens (including phenoxy) is 1. The fraction of sp³-hybridized carbons (Fsp3) is 0.231. The summed E-state index contributed by atoms with van der Waals surface area (Å²) in [6, 6.07) is 5.98. The third-order valence-corrected chi connectivity index (χ3v) is 2.75. The van der Waals surface area contributed by atoms with Crippen LogP contribution in [0, 0.1) is 0 Å². The second kappa shape index (κ2) is 5.11. The Labute approximate surface area is 109 Å². The summed E-state index contributed by atoms with van der Waals surface area (Å²) in [5.74, 6) is -1.42. The summed E-state index contributed by atoms with van der Waals surface area (Å²) in [7, 11) is 0. The number of hydrogen-bond acceptors (Lipinski definition) is 5. The first kappa shape index (κ1) is 13.1. The smallest absolute Gasteiger partial charge is 0.332 e. The molecule has 0 radical (unpaired) electrons. The van der Waals surface area contributed by atoms with E-state index >= 15 is 0 Å². The highest BCUT2D eigenvalue weighted by Crippen LogP contribution is 2.18. The van der Waals surface area contributed by atoms with Gasteiger partial charge in [-0.05, 0) is 19.1 Å². The first-order valence-electron chi connectivity index (χ1n) is 5.68. The summed E-state index contributed by atoms with van der Waals surface area (Å²) in [4.78, 5) is 23.1. The SMILES string of the molecule is C[C@H]1OC(=O)C=C(NC(=O)c2ccccc2O)C1O. The Morgan fingerprint density at radius 1 is 1.37 bits per heavy atom. The number of hydrogen-bond donors (Lipinski definition) is 3. The van der Waals surface area contributed by atoms with Crippen LogP contribution in [0.15, 0.2) is 36.0 Å². The lowest BCUT2D eigenvalue weighted by Crippen LogP contribution is -2.41. The topological polar surface area (TPSA) is 95.9 Å². The molecule has 6 heteroatoms. The lowest BCUT2D eigenvalue weighted by molar-refractivity contribution is -0.148. The van der Waals surface area contributed by atoms with Crippen molar-refractivity contribution >= 4 is 11.9 Å². The molecule has 1 aromatic carbocycles. The molecule has 2 atom stereocenters. The summed E-state index contributed by atoms with van der Waals surface area (Å²) in [5, 5.41) is 21.7. The highest BCUT2D eigenvalue weighted by atomic mass is 16.6. The van der Waals surface area contributed by atoms with E-state index in [1.165, 1.54) is 19.1 Å². The van der Waals surface area contributed by atoms with E-state index in [0.29, 0.717) is 0 Å². The van der Waals surface area contributed by atoms with Gasteiger partial charge in [0.25, 0.3) is 5.91 Å². The van der Waals surface area contributed by atoms with Gasteiger partial charge in [0.1, 0.15) is 18.0 Å². The van der Waals surface area contributed by atoms with Gasteiger partial charge in [-0.3, -0.25) is 4.79 Å². The average molecular weight is 263 g/mol. The zero-order valence-corrected chi connectivity index (χ0v) is 10.2. The molecule has 100 valence electrons. The summed E-state index contributed by atoms with van der Waals surface area (Å²) in [6.07, 6.45) is -0.826. The summed E-state index contributed by atoms with van der Waals surface area (Å²) in [5.41, 5.74) is 0.110. The van der Waals surface area contributed by atoms with Crippen molar-refractivity contribution in [2.24, 2.45) is 0 Å². The van der Waals surface area contributed by atoms with Crippen LogP contribution in [0.25, 0.3) is 0 Å². The third-order valence-electron chi connectivity index (χ3n) is 2.75. The summed E-state index contributed by atoms with van der Waals surface area (Å²) >= 11 is 0. The highest BCUT2D eigenvalue weighted by molar-refractivity contribution is 5.98. The van der Waals surface area contributed by atoms with Gasteiger partial charge in [-0.15, -0.1) is 0 Å². The summed E-state index contributed by atoms with van der Waals surface area (Å²) < 4.78 is 4.77. The van der Waals surface area contributed by atoms with E-state index in [2.05, 4.69) is 5.32 Å². The Balaban J connectivity index is 2.19. The van der Waals surface area contributed by atoms with Crippen molar-refractivity contribution in [1.29, 1.82) is 0 Å². The average Bonchev–Trinajstić information content (AvgIpc) is 2.35. The van der Waals surface area contributed by atoms with Crippen LogP contribution in [-0.4, -0.2) is 34.3 Å². The predicted molar refractivity (Wildman–Crippen MR) is 65.2 cm³/mol. The molecule has 1 aliphatic heterocycles. The van der Waals surface area contributed by atoms with Crippen LogP contribution in [0.1, 0.15) is 17.3 Å². The predicted octanol–water partition coefficient (Wildman–Crippen LogP) is 0.312. The Morgan fingerprint density at radius 3 is 2.74 bits per heavy atom. The van der Waals surface area contributed by atoms with Gasteiger partial charge in [-0.1, -0.05) is 12.1 Å². The first-order chi connectivity index (χ1) is 8.99. The molecule has 0 spiro atoms. The third kappa shape index (κ3) is 2.74. The molecule has 1 heterocycles. The number of phenols is 1. The van der Waals surface area contributed by atoms with Crippen molar-refractivity contribution in [3.05, 3.63) is 41.6 Å². The Morgan fingerprint density at radius 2 is 2.05 bits per heavy atom. The van der Waals surface area contributed by atoms with Gasteiger partial charge >= 0.3 is 5.97 Å². The Kier molecular flexibility index (Phi) is 3.52. The number of esters is 1. The maximum absolute atomic E-state index is 11.9. The monoisotopic (exact) mass is 263 g/mol. The number of benzene rings is 1. The molecular weight excluding hydrogens is 250 g/mol. The van der Waals surface area contributed by atoms with Gasteiger partial charge in [-0.25, -0.2) is 4.79 Å². The molecule has 0 bridgehead atoms. The molecule has 1 aliphatic rings. The lowest BCUT2D eigenvalue weighted by atomic mass is 10.1. The number of aliphatic hydroxyl groups is 1. The largest absolute Gasteiger partial charge is 0.507 e. The number of cyclic esters (lactones) is 1. The van der Waals surface area contributed by atoms with E-state index in [0.717, 1.165) is 6.08 Å². The van der Waals surface area contributed by atoms with Gasteiger partial charge in [0.2, 0.25) is 0 Å². The number of aliphatic hydroxyl groups excluding tert-OH is 1. The molecule has 0 fully saturated rings. The van der Waals surface area contributed by atoms with Crippen LogP contribution in [0.5, 0.6) is 5.75 Å². The zero-order chi connectivity index (χ0) is 14.0. The fourth-order valence-corrected chi connectivity index (χ4v) is 1.72. The van der Waals surface area contributed by atoms with Crippen LogP contribution in [0.3, 0.4) is 0 Å². The standard InChI is InChI=1S/C13H13NO5/c1-7-12(17)9(6-11(16)19-7)14-13(18)8-4-2-3-5-10(8)15/h2-7,12,15,17H,1H3,(H,14,18)/t7-,12?/m1/s1. The van der Waals surface area contributed by atoms with Crippen LogP contribution in [-0.2, 0) is 9.53 Å². The maximum atomic E-state index is 11.9. The Hall–Kier alpha value is -2.34. The van der Waals surface area contributed by atoms with E-state index < -0.39 is 24.1 Å². The van der Waals surface area contributed by atoms with E-state index in [9.17, 15) is 19.8 Å². The molecule has 0 saturated carbocycles. The molecule has 1 unspecified atom stereocenters. The highest BCUT2D eigenvalue weighted by Gasteiger charge is 2.29. The van der Waals surface area contributed by atoms with Gasteiger partial charge in [0.15, 0.2) is 0 Å². The minimum atomic E-state index is -1.10. The van der Waals surface area contributed by atoms with Crippen molar-refractivity contribution in [1.82, 2.24) is 5.32 Å². The van der Waals surface area contributed by atoms with E-state index in [1.807, 2.05) is 0 Å². The van der Waals surface area contributed by atoms with Crippen molar-refractivity contribution < 1.29 is 24.5 Å². The van der Waals surface area contributed by atoms with Crippen LogP contribution in [0.2, 0.25) is 0 Å². The maximum Gasteiger partial charge on any atom is 0.332 e. The molecule has 2 rings (SSSR count). The zero-order valence-electron chi connectivity index (χ0n) is 10.2. The molecule has 19 heavy (non-hydrogen) atoms. The number of para-hydroxylation sites is 1. The number of carbonyl (C=O) groups is 2. The van der Waals surface area contributed by atoms with Crippen molar-refractivity contribution in [2.45, 2.75) is 19.1 Å². The van der Waals surface area contributed by atoms with Crippen LogP contribution in [0.4, 0.5) is 0 Å². The molecule has 1 aromatic rings. The quantitative estimate of drug-likeness (QED) is 0.667. The van der Waals surface area contributed by atoms with Crippen molar-refractivity contribution in [3.63, 3.8) is 0 Å². The van der Waals surface area contributed by atoms with Crippen LogP contribution >= 0.6 is 0 Å². The van der Waals surface area contributed by atoms with Gasteiger partial charge in [0, 0.05) is 6.08 Å². The molecule has 6 nitrogen and oxygen atoms in total.